The Morgan fingerprint density at radius 1 is 1.37 bits per heavy atom. The fourth-order valence-corrected chi connectivity index (χ4v) is 1.23. The molecule has 0 spiro atoms. The topological polar surface area (TPSA) is 47.0 Å². The van der Waals surface area contributed by atoms with Gasteiger partial charge in [-0.25, -0.2) is 18.7 Å². The van der Waals surface area contributed by atoms with Crippen LogP contribution in [0.25, 0.3) is 0 Å². The molecule has 1 N–H and O–H groups in total. The number of ether oxygens (including phenoxy) is 1. The molecule has 1 aromatic rings. The van der Waals surface area contributed by atoms with E-state index in [0.29, 0.717) is 17.9 Å². The lowest BCUT2D eigenvalue weighted by molar-refractivity contribution is -0.148. The Morgan fingerprint density at radius 3 is 2.63 bits per heavy atom. The molecule has 4 nitrogen and oxygen atoms in total. The van der Waals surface area contributed by atoms with Crippen LogP contribution >= 0.6 is 0 Å². The van der Waals surface area contributed by atoms with E-state index in [0.717, 1.165) is 12.7 Å². The van der Waals surface area contributed by atoms with Crippen LogP contribution in [0.4, 0.5) is 23.4 Å². The summed E-state index contributed by atoms with van der Waals surface area (Å²) in [6.07, 6.45) is -1.79. The van der Waals surface area contributed by atoms with Crippen LogP contribution in [-0.4, -0.2) is 35.5 Å². The Labute approximate surface area is 108 Å². The summed E-state index contributed by atoms with van der Waals surface area (Å²) in [5.74, 6) is -3.89. The Morgan fingerprint density at radius 2 is 2.05 bits per heavy atom. The lowest BCUT2D eigenvalue weighted by Crippen LogP contribution is -2.34. The fourth-order valence-electron chi connectivity index (χ4n) is 1.23. The maximum Gasteiger partial charge on any atom is 0.340 e. The smallest absolute Gasteiger partial charge is 0.340 e. The van der Waals surface area contributed by atoms with Crippen molar-refractivity contribution in [3.8, 4) is 5.88 Å². The summed E-state index contributed by atoms with van der Waals surface area (Å²) in [5, 5.41) is 2.96. The van der Waals surface area contributed by atoms with Gasteiger partial charge in [0.25, 0.3) is 0 Å². The molecule has 0 saturated heterocycles. The second-order valence-corrected chi connectivity index (χ2v) is 3.93. The van der Waals surface area contributed by atoms with Crippen LogP contribution < -0.4 is 10.1 Å². The molecule has 0 aliphatic carbocycles. The van der Waals surface area contributed by atoms with Crippen molar-refractivity contribution in [2.24, 2.45) is 0 Å². The predicted molar refractivity (Wildman–Crippen MR) is 62.0 cm³/mol. The maximum atomic E-state index is 12.7. The molecule has 108 valence electrons. The number of hydrogen-bond donors (Lipinski definition) is 1. The summed E-state index contributed by atoms with van der Waals surface area (Å²) in [4.78, 5) is 7.58. The van der Waals surface area contributed by atoms with Crippen LogP contribution in [0.15, 0.2) is 6.33 Å². The number of alkyl halides is 4. The van der Waals surface area contributed by atoms with Gasteiger partial charge in [0.15, 0.2) is 6.61 Å². The van der Waals surface area contributed by atoms with Gasteiger partial charge >= 0.3 is 12.3 Å². The molecule has 0 aromatic carbocycles. The third-order valence-electron chi connectivity index (χ3n) is 2.30. The number of nitrogens with one attached hydrogen (secondary N) is 1. The van der Waals surface area contributed by atoms with Crippen molar-refractivity contribution < 1.29 is 22.3 Å². The van der Waals surface area contributed by atoms with Gasteiger partial charge in [-0.2, -0.15) is 8.78 Å². The zero-order valence-corrected chi connectivity index (χ0v) is 10.6. The van der Waals surface area contributed by atoms with Crippen molar-refractivity contribution in [3.63, 3.8) is 0 Å². The van der Waals surface area contributed by atoms with E-state index in [2.05, 4.69) is 20.0 Å². The Hall–Kier alpha value is -1.60. The summed E-state index contributed by atoms with van der Waals surface area (Å²) in [7, 11) is 0. The molecule has 1 heterocycles. The Balaban J connectivity index is 2.74. The first-order chi connectivity index (χ1) is 8.88. The van der Waals surface area contributed by atoms with Crippen LogP contribution in [-0.2, 0) is 0 Å². The van der Waals surface area contributed by atoms with Crippen LogP contribution in [0.5, 0.6) is 5.88 Å². The van der Waals surface area contributed by atoms with Gasteiger partial charge in [-0.05, 0) is 13.3 Å². The summed E-state index contributed by atoms with van der Waals surface area (Å²) >= 11 is 0. The number of aromatic nitrogens is 2. The number of anilines is 1. The third kappa shape index (κ3) is 4.22. The van der Waals surface area contributed by atoms with Crippen molar-refractivity contribution in [2.75, 3.05) is 18.5 Å². The van der Waals surface area contributed by atoms with Crippen molar-refractivity contribution >= 4 is 5.82 Å². The average Bonchev–Trinajstić information content (AvgIpc) is 2.36. The maximum absolute atomic E-state index is 12.7. The molecular formula is C11H15F4N3O. The molecular weight excluding hydrogens is 266 g/mol. The minimum absolute atomic E-state index is 0.131. The molecule has 1 aromatic heterocycles. The molecule has 0 atom stereocenters. The molecule has 0 radical (unpaired) electrons. The lowest BCUT2D eigenvalue weighted by atomic mass is 10.3. The lowest BCUT2D eigenvalue weighted by Gasteiger charge is -2.17. The average molecular weight is 281 g/mol. The highest BCUT2D eigenvalue weighted by Gasteiger charge is 2.42. The Kier molecular flexibility index (Phi) is 5.31. The SMILES string of the molecule is CCCNc1ncnc(OCC(F)(F)C(F)F)c1C. The van der Waals surface area contributed by atoms with Gasteiger partial charge in [0.1, 0.15) is 12.1 Å². The van der Waals surface area contributed by atoms with Crippen LogP contribution in [0.1, 0.15) is 18.9 Å². The normalized spacial score (nSPS) is 11.7. The van der Waals surface area contributed by atoms with Crippen LogP contribution in [0.3, 0.4) is 0 Å². The Bertz CT molecular complexity index is 415. The molecule has 0 aliphatic heterocycles. The highest BCUT2D eigenvalue weighted by atomic mass is 19.3. The quantitative estimate of drug-likeness (QED) is 0.781. The zero-order chi connectivity index (χ0) is 14.5. The summed E-state index contributed by atoms with van der Waals surface area (Å²) in [6.45, 7) is 2.73. The third-order valence-corrected chi connectivity index (χ3v) is 2.30. The van der Waals surface area contributed by atoms with E-state index >= 15 is 0 Å². The van der Waals surface area contributed by atoms with E-state index in [1.807, 2.05) is 6.92 Å². The molecule has 1 rings (SSSR count). The first-order valence-corrected chi connectivity index (χ1v) is 5.72. The van der Waals surface area contributed by atoms with Gasteiger partial charge in [-0.3, -0.25) is 0 Å². The molecule has 0 saturated carbocycles. The van der Waals surface area contributed by atoms with Gasteiger partial charge in [0.05, 0.1) is 5.56 Å². The molecule has 0 bridgehead atoms. The van der Waals surface area contributed by atoms with Crippen molar-refractivity contribution in [1.29, 1.82) is 0 Å². The highest BCUT2D eigenvalue weighted by Crippen LogP contribution is 2.26. The largest absolute Gasteiger partial charge is 0.471 e. The molecule has 19 heavy (non-hydrogen) atoms. The fraction of sp³-hybridized carbons (Fsp3) is 0.636. The first-order valence-electron chi connectivity index (χ1n) is 5.72. The number of nitrogens with zero attached hydrogens (tertiary/aromatic N) is 2. The summed E-state index contributed by atoms with van der Waals surface area (Å²) in [6, 6.07) is 0. The number of rotatable bonds is 7. The molecule has 0 unspecified atom stereocenters. The highest BCUT2D eigenvalue weighted by molar-refractivity contribution is 5.47. The van der Waals surface area contributed by atoms with Crippen LogP contribution in [0, 0.1) is 6.92 Å². The van der Waals surface area contributed by atoms with Gasteiger partial charge < -0.3 is 10.1 Å². The van der Waals surface area contributed by atoms with Crippen LogP contribution in [0.2, 0.25) is 0 Å². The van der Waals surface area contributed by atoms with E-state index in [-0.39, 0.29) is 5.88 Å². The second-order valence-electron chi connectivity index (χ2n) is 3.93. The van der Waals surface area contributed by atoms with Crippen molar-refractivity contribution in [2.45, 2.75) is 32.6 Å². The van der Waals surface area contributed by atoms with Gasteiger partial charge in [-0.1, -0.05) is 6.92 Å². The van der Waals surface area contributed by atoms with E-state index in [1.165, 1.54) is 0 Å². The van der Waals surface area contributed by atoms with E-state index in [1.54, 1.807) is 6.92 Å². The van der Waals surface area contributed by atoms with Gasteiger partial charge in [0.2, 0.25) is 5.88 Å². The minimum Gasteiger partial charge on any atom is -0.471 e. The molecule has 8 heteroatoms. The molecule has 0 aliphatic rings. The number of halogens is 4. The zero-order valence-electron chi connectivity index (χ0n) is 10.6. The van der Waals surface area contributed by atoms with E-state index in [9.17, 15) is 17.6 Å². The van der Waals surface area contributed by atoms with E-state index in [4.69, 9.17) is 0 Å². The van der Waals surface area contributed by atoms with Crippen molar-refractivity contribution in [1.82, 2.24) is 9.97 Å². The predicted octanol–water partition coefficient (Wildman–Crippen LogP) is 2.89. The van der Waals surface area contributed by atoms with Gasteiger partial charge in [-0.15, -0.1) is 0 Å². The minimum atomic E-state index is -4.20. The first kappa shape index (κ1) is 15.5. The molecule has 0 amide bonds. The van der Waals surface area contributed by atoms with Crippen molar-refractivity contribution in [3.05, 3.63) is 11.9 Å². The number of hydrogen-bond acceptors (Lipinski definition) is 4. The standard InChI is InChI=1S/C11H15F4N3O/c1-3-4-16-8-7(2)9(18-6-17-8)19-5-11(14,15)10(12)13/h6,10H,3-5H2,1-2H3,(H,16,17,18). The van der Waals surface area contributed by atoms with E-state index < -0.39 is 19.0 Å². The molecule has 0 fully saturated rings. The monoisotopic (exact) mass is 281 g/mol. The second kappa shape index (κ2) is 6.53. The summed E-state index contributed by atoms with van der Waals surface area (Å²) in [5.41, 5.74) is 0.404. The summed E-state index contributed by atoms with van der Waals surface area (Å²) < 4.78 is 54.1. The van der Waals surface area contributed by atoms with Gasteiger partial charge in [0, 0.05) is 6.54 Å².